The number of rotatable bonds is 5. The fraction of sp³-hybridized carbons (Fsp3) is 0.462. The van der Waals surface area contributed by atoms with Crippen molar-refractivity contribution in [2.75, 3.05) is 6.54 Å². The van der Waals surface area contributed by atoms with Crippen molar-refractivity contribution < 1.29 is 19.5 Å². The van der Waals surface area contributed by atoms with Crippen molar-refractivity contribution in [2.45, 2.75) is 31.7 Å². The van der Waals surface area contributed by atoms with Gasteiger partial charge >= 0.3 is 5.97 Å². The van der Waals surface area contributed by atoms with E-state index in [2.05, 4.69) is 0 Å². The van der Waals surface area contributed by atoms with Gasteiger partial charge < -0.3 is 15.7 Å². The molecule has 0 aromatic carbocycles. The van der Waals surface area contributed by atoms with Gasteiger partial charge in [0.15, 0.2) is 0 Å². The third kappa shape index (κ3) is 3.16. The van der Waals surface area contributed by atoms with Crippen LogP contribution in [0, 0.1) is 0 Å². The van der Waals surface area contributed by atoms with Crippen LogP contribution in [0.3, 0.4) is 0 Å². The summed E-state index contributed by atoms with van der Waals surface area (Å²) in [6.45, 7) is -0.121. The maximum absolute atomic E-state index is 12.4. The normalized spacial score (nSPS) is 15.2. The predicted molar refractivity (Wildman–Crippen MR) is 73.8 cm³/mol. The van der Waals surface area contributed by atoms with E-state index >= 15 is 0 Å². The van der Waals surface area contributed by atoms with E-state index in [0.29, 0.717) is 4.88 Å². The third-order valence-electron chi connectivity index (χ3n) is 3.38. The first-order valence-electron chi connectivity index (χ1n) is 6.41. The van der Waals surface area contributed by atoms with E-state index < -0.39 is 11.9 Å². The fourth-order valence-corrected chi connectivity index (χ4v) is 3.26. The fourth-order valence-electron chi connectivity index (χ4n) is 2.46. The number of carbonyl (C=O) groups is 3. The Morgan fingerprint density at radius 3 is 2.35 bits per heavy atom. The lowest BCUT2D eigenvalue weighted by molar-refractivity contribution is -0.119. The highest BCUT2D eigenvalue weighted by Gasteiger charge is 2.29. The number of carboxylic acid groups (broad SMARTS) is 1. The van der Waals surface area contributed by atoms with Crippen LogP contribution in [0.4, 0.5) is 0 Å². The van der Waals surface area contributed by atoms with Gasteiger partial charge in [-0.15, -0.1) is 11.3 Å². The Kier molecular flexibility index (Phi) is 4.39. The Labute approximate surface area is 120 Å². The minimum atomic E-state index is -1.06. The Morgan fingerprint density at radius 2 is 1.85 bits per heavy atom. The molecule has 7 heteroatoms. The molecule has 1 aromatic heterocycles. The zero-order chi connectivity index (χ0) is 14.7. The molecule has 2 rings (SSSR count). The van der Waals surface area contributed by atoms with Crippen molar-refractivity contribution in [3.63, 3.8) is 0 Å². The Balaban J connectivity index is 2.19. The van der Waals surface area contributed by atoms with E-state index in [1.54, 1.807) is 0 Å². The van der Waals surface area contributed by atoms with Crippen LogP contribution in [0.2, 0.25) is 0 Å². The van der Waals surface area contributed by atoms with Gasteiger partial charge in [-0.3, -0.25) is 9.59 Å². The molecule has 2 amide bonds. The van der Waals surface area contributed by atoms with Gasteiger partial charge in [-0.1, -0.05) is 12.8 Å². The van der Waals surface area contributed by atoms with Gasteiger partial charge in [0, 0.05) is 6.04 Å². The molecule has 0 radical (unpaired) electrons. The standard InChI is InChI=1S/C13H16N2O4S/c14-11(16)7-15(8-3-1-2-4-8)12(17)9-5-6-10(20-9)13(18)19/h5-6,8H,1-4,7H2,(H2,14,16)(H,18,19). The smallest absolute Gasteiger partial charge is 0.345 e. The van der Waals surface area contributed by atoms with Crippen molar-refractivity contribution >= 4 is 29.1 Å². The van der Waals surface area contributed by atoms with Crippen LogP contribution in [-0.4, -0.2) is 40.4 Å². The first-order valence-corrected chi connectivity index (χ1v) is 7.23. The molecular weight excluding hydrogens is 280 g/mol. The molecule has 108 valence electrons. The Bertz CT molecular complexity index is 534. The second-order valence-corrected chi connectivity index (χ2v) is 5.89. The number of nitrogens with zero attached hydrogens (tertiary/aromatic N) is 1. The number of aromatic carboxylic acids is 1. The van der Waals surface area contributed by atoms with Gasteiger partial charge in [0.2, 0.25) is 5.91 Å². The zero-order valence-corrected chi connectivity index (χ0v) is 11.7. The van der Waals surface area contributed by atoms with Crippen molar-refractivity contribution in [2.24, 2.45) is 5.73 Å². The molecule has 1 aromatic rings. The highest BCUT2D eigenvalue weighted by molar-refractivity contribution is 7.15. The molecule has 1 saturated carbocycles. The lowest BCUT2D eigenvalue weighted by atomic mass is 10.2. The summed E-state index contributed by atoms with van der Waals surface area (Å²) in [4.78, 5) is 36.4. The van der Waals surface area contributed by atoms with Gasteiger partial charge in [0.05, 0.1) is 11.4 Å². The molecule has 0 unspecified atom stereocenters. The molecule has 1 fully saturated rings. The van der Waals surface area contributed by atoms with E-state index in [-0.39, 0.29) is 23.4 Å². The monoisotopic (exact) mass is 296 g/mol. The minimum absolute atomic E-state index is 0.0189. The molecule has 1 aliphatic rings. The van der Waals surface area contributed by atoms with Crippen molar-refractivity contribution in [3.8, 4) is 0 Å². The summed E-state index contributed by atoms with van der Waals surface area (Å²) in [6, 6.07) is 2.90. The number of carboxylic acids is 1. The van der Waals surface area contributed by atoms with E-state index in [1.807, 2.05) is 0 Å². The largest absolute Gasteiger partial charge is 0.477 e. The van der Waals surface area contributed by atoms with Gasteiger partial charge in [-0.25, -0.2) is 4.79 Å². The molecule has 6 nitrogen and oxygen atoms in total. The molecule has 0 spiro atoms. The van der Waals surface area contributed by atoms with Crippen LogP contribution in [0.15, 0.2) is 12.1 Å². The average molecular weight is 296 g/mol. The molecule has 3 N–H and O–H groups in total. The molecular formula is C13H16N2O4S. The number of amides is 2. The molecule has 0 bridgehead atoms. The molecule has 0 atom stereocenters. The Morgan fingerprint density at radius 1 is 1.25 bits per heavy atom. The van der Waals surface area contributed by atoms with Gasteiger partial charge in [-0.05, 0) is 25.0 Å². The molecule has 1 aliphatic carbocycles. The van der Waals surface area contributed by atoms with E-state index in [1.165, 1.54) is 17.0 Å². The van der Waals surface area contributed by atoms with Gasteiger partial charge in [0.25, 0.3) is 5.91 Å². The Hall–Kier alpha value is -1.89. The van der Waals surface area contributed by atoms with Gasteiger partial charge in [-0.2, -0.15) is 0 Å². The quantitative estimate of drug-likeness (QED) is 0.855. The molecule has 1 heterocycles. The van der Waals surface area contributed by atoms with Crippen LogP contribution < -0.4 is 5.73 Å². The van der Waals surface area contributed by atoms with Crippen LogP contribution in [-0.2, 0) is 4.79 Å². The van der Waals surface area contributed by atoms with Crippen LogP contribution in [0.5, 0.6) is 0 Å². The van der Waals surface area contributed by atoms with Crippen LogP contribution >= 0.6 is 11.3 Å². The average Bonchev–Trinajstić information content (AvgIpc) is 3.05. The number of hydrogen-bond acceptors (Lipinski definition) is 4. The summed E-state index contributed by atoms with van der Waals surface area (Å²) in [5.74, 6) is -1.93. The number of hydrogen-bond donors (Lipinski definition) is 2. The maximum atomic E-state index is 12.4. The highest BCUT2D eigenvalue weighted by atomic mass is 32.1. The third-order valence-corrected chi connectivity index (χ3v) is 4.44. The number of thiophene rings is 1. The van der Waals surface area contributed by atoms with E-state index in [9.17, 15) is 14.4 Å². The first-order chi connectivity index (χ1) is 9.49. The van der Waals surface area contributed by atoms with E-state index in [0.717, 1.165) is 37.0 Å². The topological polar surface area (TPSA) is 101 Å². The van der Waals surface area contributed by atoms with Crippen molar-refractivity contribution in [1.82, 2.24) is 4.90 Å². The maximum Gasteiger partial charge on any atom is 0.345 e. The minimum Gasteiger partial charge on any atom is -0.477 e. The molecule has 0 saturated heterocycles. The molecule has 20 heavy (non-hydrogen) atoms. The first kappa shape index (κ1) is 14.5. The SMILES string of the molecule is NC(=O)CN(C(=O)c1ccc(C(=O)O)s1)C1CCCC1. The number of nitrogens with two attached hydrogens (primary N) is 1. The van der Waals surface area contributed by atoms with Crippen LogP contribution in [0.25, 0.3) is 0 Å². The van der Waals surface area contributed by atoms with Crippen molar-refractivity contribution in [1.29, 1.82) is 0 Å². The summed E-state index contributed by atoms with van der Waals surface area (Å²) < 4.78 is 0. The summed E-state index contributed by atoms with van der Waals surface area (Å²) in [5.41, 5.74) is 5.21. The van der Waals surface area contributed by atoms with Crippen LogP contribution in [0.1, 0.15) is 45.0 Å². The van der Waals surface area contributed by atoms with Crippen molar-refractivity contribution in [3.05, 3.63) is 21.9 Å². The number of carbonyl (C=O) groups excluding carboxylic acids is 2. The highest BCUT2D eigenvalue weighted by Crippen LogP contribution is 2.26. The number of primary amides is 1. The second kappa shape index (κ2) is 6.04. The summed E-state index contributed by atoms with van der Waals surface area (Å²) >= 11 is 0.920. The summed E-state index contributed by atoms with van der Waals surface area (Å²) in [7, 11) is 0. The lowest BCUT2D eigenvalue weighted by Gasteiger charge is -2.27. The molecule has 0 aliphatic heterocycles. The predicted octanol–water partition coefficient (Wildman–Crippen LogP) is 1.32. The second-order valence-electron chi connectivity index (χ2n) is 4.81. The lowest BCUT2D eigenvalue weighted by Crippen LogP contribution is -2.43. The summed E-state index contributed by atoms with van der Waals surface area (Å²) in [6.07, 6.45) is 3.77. The van der Waals surface area contributed by atoms with E-state index in [4.69, 9.17) is 10.8 Å². The summed E-state index contributed by atoms with van der Waals surface area (Å²) in [5, 5.41) is 8.89. The zero-order valence-electron chi connectivity index (χ0n) is 10.9. The van der Waals surface area contributed by atoms with Gasteiger partial charge in [0.1, 0.15) is 4.88 Å².